The first kappa shape index (κ1) is 42.2. The van der Waals surface area contributed by atoms with Crippen LogP contribution in [0.1, 0.15) is 60.8 Å². The highest BCUT2D eigenvalue weighted by Gasteiger charge is 2.10. The van der Waals surface area contributed by atoms with Gasteiger partial charge < -0.3 is 54.4 Å². The van der Waals surface area contributed by atoms with Crippen molar-refractivity contribution in [2.45, 2.75) is 65.2 Å². The van der Waals surface area contributed by atoms with E-state index in [4.69, 9.17) is 33.1 Å². The van der Waals surface area contributed by atoms with Crippen molar-refractivity contribution in [1.82, 2.24) is 15.0 Å². The van der Waals surface area contributed by atoms with Gasteiger partial charge in [0.25, 0.3) is 0 Å². The van der Waals surface area contributed by atoms with Crippen molar-refractivity contribution in [3.63, 3.8) is 0 Å². The second-order valence-electron chi connectivity index (χ2n) is 13.6. The molecule has 1 heterocycles. The van der Waals surface area contributed by atoms with E-state index in [9.17, 15) is 0 Å². The van der Waals surface area contributed by atoms with Crippen LogP contribution in [0.4, 0.5) is 23.5 Å². The SMILES string of the molecule is Cc1ccc(CC(=N)CC(=N)CCCNc2nc(NCCCC(=N)CC(=N)Cc3ccc(C)cc3)nc(NCCN=C(N)N=C(N)Nc3ccccc3)n2)cc1. The molecule has 0 spiro atoms. The van der Waals surface area contributed by atoms with Crippen LogP contribution in [0.5, 0.6) is 0 Å². The zero-order chi connectivity index (χ0) is 40.1. The van der Waals surface area contributed by atoms with E-state index in [-0.39, 0.29) is 18.5 Å². The predicted molar refractivity (Wildman–Crippen MR) is 232 cm³/mol. The van der Waals surface area contributed by atoms with Gasteiger partial charge in [-0.2, -0.15) is 19.9 Å². The summed E-state index contributed by atoms with van der Waals surface area (Å²) in [6.07, 6.45) is 4.22. The van der Waals surface area contributed by atoms with E-state index in [1.54, 1.807) is 0 Å². The molecular weight excluding hydrogens is 703 g/mol. The molecule has 0 aliphatic carbocycles. The van der Waals surface area contributed by atoms with E-state index in [0.29, 0.717) is 112 Å². The largest absolute Gasteiger partial charge is 0.369 e. The quantitative estimate of drug-likeness (QED) is 0.0229. The van der Waals surface area contributed by atoms with Crippen LogP contribution >= 0.6 is 0 Å². The maximum absolute atomic E-state index is 8.41. The number of anilines is 4. The highest BCUT2D eigenvalue weighted by Crippen LogP contribution is 2.12. The Hall–Kier alpha value is -6.51. The van der Waals surface area contributed by atoms with Crippen LogP contribution in [-0.2, 0) is 12.8 Å². The number of rotatable bonds is 23. The number of hydrogen-bond donors (Lipinski definition) is 10. The van der Waals surface area contributed by atoms with Gasteiger partial charge in [-0.25, -0.2) is 4.99 Å². The Kier molecular flexibility index (Phi) is 17.1. The fraction of sp³-hybridized carbons (Fsp3) is 0.341. The summed E-state index contributed by atoms with van der Waals surface area (Å²) in [5, 5.41) is 46.1. The summed E-state index contributed by atoms with van der Waals surface area (Å²) in [7, 11) is 0. The van der Waals surface area contributed by atoms with E-state index in [2.05, 4.69) is 46.2 Å². The first-order valence-electron chi connectivity index (χ1n) is 18.8. The van der Waals surface area contributed by atoms with Crippen molar-refractivity contribution in [2.75, 3.05) is 47.4 Å². The fourth-order valence-electron chi connectivity index (χ4n) is 5.53. The summed E-state index contributed by atoms with van der Waals surface area (Å²) in [4.78, 5) is 22.0. The van der Waals surface area contributed by atoms with E-state index in [1.165, 1.54) is 11.1 Å². The minimum absolute atomic E-state index is 0.0276. The van der Waals surface area contributed by atoms with Gasteiger partial charge in [0.2, 0.25) is 29.8 Å². The third-order valence-electron chi connectivity index (χ3n) is 8.39. The predicted octanol–water partition coefficient (Wildman–Crippen LogP) is 6.37. The molecule has 0 saturated carbocycles. The smallest absolute Gasteiger partial charge is 0.229 e. The van der Waals surface area contributed by atoms with Crippen molar-refractivity contribution in [1.29, 1.82) is 21.6 Å². The number of nitrogens with zero attached hydrogens (tertiary/aromatic N) is 5. The Bertz CT molecular complexity index is 1850. The van der Waals surface area contributed by atoms with Crippen LogP contribution in [0.3, 0.4) is 0 Å². The zero-order valence-electron chi connectivity index (χ0n) is 32.4. The topological polar surface area (TPSA) is 259 Å². The van der Waals surface area contributed by atoms with Gasteiger partial charge in [-0.1, -0.05) is 77.9 Å². The molecule has 3 aromatic carbocycles. The fourth-order valence-corrected chi connectivity index (χ4v) is 5.53. The van der Waals surface area contributed by atoms with Crippen LogP contribution in [0.25, 0.3) is 0 Å². The Morgan fingerprint density at radius 2 is 1.04 bits per heavy atom. The zero-order valence-corrected chi connectivity index (χ0v) is 32.4. The third-order valence-corrected chi connectivity index (χ3v) is 8.39. The molecule has 0 bridgehead atoms. The summed E-state index contributed by atoms with van der Waals surface area (Å²) in [5.41, 5.74) is 19.3. The Labute approximate surface area is 329 Å². The lowest BCUT2D eigenvalue weighted by molar-refractivity contribution is 0.866. The molecule has 4 aromatic rings. The average molecular weight is 758 g/mol. The van der Waals surface area contributed by atoms with Gasteiger partial charge in [-0.05, 0) is 62.8 Å². The molecule has 294 valence electrons. The van der Waals surface area contributed by atoms with E-state index in [0.717, 1.165) is 16.8 Å². The average Bonchev–Trinajstić information content (AvgIpc) is 3.16. The highest BCUT2D eigenvalue weighted by molar-refractivity contribution is 6.03. The van der Waals surface area contributed by atoms with Crippen molar-refractivity contribution >= 4 is 58.3 Å². The normalized spacial score (nSPS) is 11.5. The first-order chi connectivity index (χ1) is 27.0. The van der Waals surface area contributed by atoms with Gasteiger partial charge in [-0.3, -0.25) is 0 Å². The van der Waals surface area contributed by atoms with Crippen LogP contribution in [0, 0.1) is 35.5 Å². The molecule has 0 amide bonds. The lowest BCUT2D eigenvalue weighted by atomic mass is 10.0. The van der Waals surface area contributed by atoms with Crippen LogP contribution in [0.2, 0.25) is 0 Å². The molecule has 1 aromatic heterocycles. The molecular formula is C41H55N15. The van der Waals surface area contributed by atoms with Crippen molar-refractivity contribution in [3.8, 4) is 0 Å². The number of aryl methyl sites for hydroxylation is 2. The van der Waals surface area contributed by atoms with Gasteiger partial charge in [0.05, 0.1) is 6.54 Å². The summed E-state index contributed by atoms with van der Waals surface area (Å²) < 4.78 is 0. The second kappa shape index (κ2) is 22.6. The van der Waals surface area contributed by atoms with Crippen molar-refractivity contribution in [3.05, 3.63) is 101 Å². The molecule has 15 heteroatoms. The molecule has 0 unspecified atom stereocenters. The number of para-hydroxylation sites is 1. The molecule has 4 rings (SSSR count). The van der Waals surface area contributed by atoms with Gasteiger partial charge in [-0.15, -0.1) is 0 Å². The van der Waals surface area contributed by atoms with Crippen molar-refractivity contribution < 1.29 is 0 Å². The lowest BCUT2D eigenvalue weighted by Crippen LogP contribution is -2.26. The molecule has 0 fully saturated rings. The number of nitrogens with one attached hydrogen (secondary N) is 8. The molecule has 0 aliphatic heterocycles. The van der Waals surface area contributed by atoms with Gasteiger partial charge in [0, 0.05) is 73.9 Å². The van der Waals surface area contributed by atoms with Crippen LogP contribution in [-0.4, -0.2) is 75.9 Å². The minimum atomic E-state index is 0.0276. The molecule has 0 atom stereocenters. The lowest BCUT2D eigenvalue weighted by Gasteiger charge is -2.12. The Morgan fingerprint density at radius 1 is 0.589 bits per heavy atom. The molecule has 15 nitrogen and oxygen atoms in total. The van der Waals surface area contributed by atoms with Gasteiger partial charge >= 0.3 is 0 Å². The van der Waals surface area contributed by atoms with E-state index >= 15 is 0 Å². The number of nitrogens with two attached hydrogens (primary N) is 2. The maximum atomic E-state index is 8.41. The summed E-state index contributed by atoms with van der Waals surface area (Å²) in [6, 6.07) is 25.7. The summed E-state index contributed by atoms with van der Waals surface area (Å²) in [5.74, 6) is 1.23. The standard InChI is InChI=1S/C41H55N15/c1-28-12-16-30(17-13-28)24-34(44)26-32(42)8-6-20-49-39-54-40(50-21-7-9-33(43)27-35(45)25-31-18-14-29(2)15-19-31)56-41(55-39)51-23-22-48-37(46)53-38(47)52-36-10-4-3-5-11-36/h3-5,10-19,42-45H,6-9,20-27H2,1-2H3,(H5,46,47,48,52,53)(H3,49,50,51,54,55,56). The monoisotopic (exact) mass is 757 g/mol. The second-order valence-corrected chi connectivity index (χ2v) is 13.6. The number of aliphatic imine (C=N–C) groups is 2. The van der Waals surface area contributed by atoms with Gasteiger partial charge in [0.15, 0.2) is 0 Å². The number of benzene rings is 3. The van der Waals surface area contributed by atoms with Crippen LogP contribution in [0.15, 0.2) is 88.8 Å². The van der Waals surface area contributed by atoms with Crippen LogP contribution < -0.4 is 32.7 Å². The number of guanidine groups is 2. The Balaban J connectivity index is 1.26. The third kappa shape index (κ3) is 16.7. The van der Waals surface area contributed by atoms with E-state index < -0.39 is 0 Å². The number of aromatic nitrogens is 3. The minimum Gasteiger partial charge on any atom is -0.369 e. The maximum Gasteiger partial charge on any atom is 0.229 e. The summed E-state index contributed by atoms with van der Waals surface area (Å²) in [6.45, 7) is 5.78. The molecule has 0 saturated heterocycles. The molecule has 56 heavy (non-hydrogen) atoms. The Morgan fingerprint density at radius 3 is 1.50 bits per heavy atom. The van der Waals surface area contributed by atoms with E-state index in [1.807, 2.05) is 92.7 Å². The molecule has 12 N–H and O–H groups in total. The summed E-state index contributed by atoms with van der Waals surface area (Å²) >= 11 is 0. The highest BCUT2D eigenvalue weighted by atomic mass is 15.3. The number of hydrogen-bond acceptors (Lipinski definition) is 11. The molecule has 0 radical (unpaired) electrons. The van der Waals surface area contributed by atoms with Crippen molar-refractivity contribution in [2.24, 2.45) is 21.5 Å². The molecule has 0 aliphatic rings. The first-order valence-corrected chi connectivity index (χ1v) is 18.8. The van der Waals surface area contributed by atoms with Gasteiger partial charge in [0.1, 0.15) is 0 Å².